The second-order valence-electron chi connectivity index (χ2n) is 7.87. The van der Waals surface area contributed by atoms with Gasteiger partial charge in [0.25, 0.3) is 0 Å². The Morgan fingerprint density at radius 1 is 1.17 bits per heavy atom. The van der Waals surface area contributed by atoms with Gasteiger partial charge >= 0.3 is 0 Å². The minimum atomic E-state index is 0.0863. The summed E-state index contributed by atoms with van der Waals surface area (Å²) in [6, 6.07) is 5.20. The summed E-state index contributed by atoms with van der Waals surface area (Å²) < 4.78 is 0.349. The zero-order chi connectivity index (χ0) is 16.8. The summed E-state index contributed by atoms with van der Waals surface area (Å²) in [5.41, 5.74) is 1.81. The lowest BCUT2D eigenvalue weighted by Crippen LogP contribution is -2.16. The number of benzene rings is 1. The summed E-state index contributed by atoms with van der Waals surface area (Å²) in [7, 11) is 0. The van der Waals surface area contributed by atoms with Crippen LogP contribution in [-0.2, 0) is 11.2 Å². The van der Waals surface area contributed by atoms with Crippen molar-refractivity contribution in [2.24, 2.45) is 29.6 Å². The standard InChI is InChI=1S/C20H23IO3/c21-20(24)18-15-3-1-2-11(4-7-16(15)18)8-13-9-12-5-6-14(22)10-17(12)19(13)23/h5-6,10-11,13,15-16,18,22H,1-4,7-9H2/t11?,13?,15?,16?,18-/m0/s1. The molecule has 3 aliphatic carbocycles. The lowest BCUT2D eigenvalue weighted by Gasteiger charge is -2.21. The van der Waals surface area contributed by atoms with Crippen molar-refractivity contribution in [3.63, 3.8) is 0 Å². The fraction of sp³-hybridized carbons (Fsp3) is 0.600. The number of hydrogen-bond donors (Lipinski definition) is 1. The van der Waals surface area contributed by atoms with Crippen molar-refractivity contribution in [2.75, 3.05) is 0 Å². The highest BCUT2D eigenvalue weighted by molar-refractivity contribution is 14.1. The Hall–Kier alpha value is -0.910. The number of hydrogen-bond acceptors (Lipinski definition) is 3. The molecule has 3 nitrogen and oxygen atoms in total. The second-order valence-corrected chi connectivity index (χ2v) is 8.94. The van der Waals surface area contributed by atoms with E-state index in [9.17, 15) is 14.7 Å². The number of phenolic OH excluding ortho intramolecular Hbond substituents is 1. The van der Waals surface area contributed by atoms with E-state index in [0.717, 1.165) is 36.8 Å². The molecule has 0 radical (unpaired) electrons. The average Bonchev–Trinajstić information content (AvgIpc) is 3.12. The molecule has 5 atom stereocenters. The monoisotopic (exact) mass is 438 g/mol. The highest BCUT2D eigenvalue weighted by atomic mass is 127. The molecule has 0 aliphatic heterocycles. The topological polar surface area (TPSA) is 54.4 Å². The highest BCUT2D eigenvalue weighted by Crippen LogP contribution is 2.55. The number of ketones is 1. The Morgan fingerprint density at radius 2 is 1.96 bits per heavy atom. The molecule has 3 aliphatic rings. The number of carbonyl (C=O) groups excluding carboxylic acids is 2. The molecule has 2 saturated carbocycles. The third kappa shape index (κ3) is 3.02. The van der Waals surface area contributed by atoms with Crippen molar-refractivity contribution >= 4 is 32.2 Å². The van der Waals surface area contributed by atoms with Gasteiger partial charge in [-0.25, -0.2) is 0 Å². The predicted octanol–water partition coefficient (Wildman–Crippen LogP) is 4.54. The maximum absolute atomic E-state index is 12.6. The molecule has 4 heteroatoms. The molecule has 0 aromatic heterocycles. The van der Waals surface area contributed by atoms with Crippen LogP contribution in [0.4, 0.5) is 0 Å². The molecule has 0 heterocycles. The molecule has 2 fully saturated rings. The van der Waals surface area contributed by atoms with Gasteiger partial charge in [-0.2, -0.15) is 0 Å². The van der Waals surface area contributed by atoms with Gasteiger partial charge in [-0.05, 0) is 83.7 Å². The van der Waals surface area contributed by atoms with Gasteiger partial charge in [-0.15, -0.1) is 0 Å². The van der Waals surface area contributed by atoms with E-state index in [2.05, 4.69) is 0 Å². The number of Topliss-reactive ketones (excluding diaryl/α,β-unsaturated/α-hetero) is 1. The van der Waals surface area contributed by atoms with Gasteiger partial charge in [-0.1, -0.05) is 25.3 Å². The number of rotatable bonds is 3. The first-order valence-electron chi connectivity index (χ1n) is 9.10. The van der Waals surface area contributed by atoms with E-state index >= 15 is 0 Å². The van der Waals surface area contributed by atoms with Gasteiger partial charge in [-0.3, -0.25) is 9.59 Å². The van der Waals surface area contributed by atoms with Crippen LogP contribution in [-0.4, -0.2) is 14.7 Å². The van der Waals surface area contributed by atoms with Gasteiger partial charge in [0, 0.05) is 17.4 Å². The Labute approximate surface area is 156 Å². The molecule has 128 valence electrons. The lowest BCUT2D eigenvalue weighted by atomic mass is 9.83. The largest absolute Gasteiger partial charge is 0.508 e. The molecule has 0 amide bonds. The fourth-order valence-electron chi connectivity index (χ4n) is 5.16. The van der Waals surface area contributed by atoms with Gasteiger partial charge in [0.2, 0.25) is 0 Å². The predicted molar refractivity (Wildman–Crippen MR) is 100 cm³/mol. The minimum Gasteiger partial charge on any atom is -0.508 e. The van der Waals surface area contributed by atoms with Crippen LogP contribution in [0.5, 0.6) is 5.75 Å². The zero-order valence-electron chi connectivity index (χ0n) is 13.7. The zero-order valence-corrected chi connectivity index (χ0v) is 15.9. The molecular weight excluding hydrogens is 415 g/mol. The number of halogens is 1. The van der Waals surface area contributed by atoms with Crippen molar-refractivity contribution in [2.45, 2.75) is 44.9 Å². The molecule has 4 rings (SSSR count). The molecule has 0 bridgehead atoms. The molecule has 24 heavy (non-hydrogen) atoms. The number of phenols is 1. The van der Waals surface area contributed by atoms with Crippen molar-refractivity contribution in [1.82, 2.24) is 0 Å². The van der Waals surface area contributed by atoms with Crippen molar-refractivity contribution < 1.29 is 14.7 Å². The normalized spacial score (nSPS) is 34.9. The van der Waals surface area contributed by atoms with Crippen LogP contribution in [0.15, 0.2) is 18.2 Å². The highest BCUT2D eigenvalue weighted by Gasteiger charge is 2.53. The van der Waals surface area contributed by atoms with Crippen molar-refractivity contribution in [3.05, 3.63) is 29.3 Å². The molecule has 0 saturated heterocycles. The van der Waals surface area contributed by atoms with Gasteiger partial charge in [0.05, 0.1) is 0 Å². The Bertz CT molecular complexity index is 683. The SMILES string of the molecule is O=C1c2cc(O)ccc2CC1CC1CCCC2C(CC1)[C@H]2C(=O)I. The number of aromatic hydroxyl groups is 1. The number of carbonyl (C=O) groups is 2. The number of fused-ring (bicyclic) bond motifs is 2. The van der Waals surface area contributed by atoms with E-state index in [0.29, 0.717) is 27.5 Å². The molecule has 1 aromatic rings. The van der Waals surface area contributed by atoms with Crippen LogP contribution >= 0.6 is 22.6 Å². The maximum Gasteiger partial charge on any atom is 0.196 e. The Kier molecular flexibility index (Phi) is 4.43. The van der Waals surface area contributed by atoms with Crippen molar-refractivity contribution in [1.29, 1.82) is 0 Å². The van der Waals surface area contributed by atoms with Crippen LogP contribution in [0.3, 0.4) is 0 Å². The fourth-order valence-corrected chi connectivity index (χ4v) is 6.09. The van der Waals surface area contributed by atoms with Crippen LogP contribution in [0.1, 0.15) is 54.4 Å². The minimum absolute atomic E-state index is 0.0863. The molecule has 4 unspecified atom stereocenters. The molecule has 0 spiro atoms. The summed E-state index contributed by atoms with van der Waals surface area (Å²) >= 11 is 1.97. The first kappa shape index (κ1) is 16.6. The summed E-state index contributed by atoms with van der Waals surface area (Å²) in [5, 5.41) is 9.61. The van der Waals surface area contributed by atoms with Gasteiger partial charge < -0.3 is 5.11 Å². The molecular formula is C20H23IO3. The average molecular weight is 438 g/mol. The summed E-state index contributed by atoms with van der Waals surface area (Å²) in [6.07, 6.45) is 7.68. The Balaban J connectivity index is 1.38. The van der Waals surface area contributed by atoms with E-state index in [1.807, 2.05) is 28.7 Å². The third-order valence-electron chi connectivity index (χ3n) is 6.47. The van der Waals surface area contributed by atoms with E-state index in [4.69, 9.17) is 0 Å². The van der Waals surface area contributed by atoms with E-state index in [1.54, 1.807) is 12.1 Å². The first-order chi connectivity index (χ1) is 11.5. The summed E-state index contributed by atoms with van der Waals surface area (Å²) in [5.74, 6) is 2.68. The van der Waals surface area contributed by atoms with Crippen LogP contribution in [0, 0.1) is 29.6 Å². The van der Waals surface area contributed by atoms with E-state index in [-0.39, 0.29) is 17.5 Å². The Morgan fingerprint density at radius 3 is 2.75 bits per heavy atom. The van der Waals surface area contributed by atoms with E-state index in [1.165, 1.54) is 19.3 Å². The summed E-state index contributed by atoms with van der Waals surface area (Å²) in [4.78, 5) is 24.3. The second kappa shape index (κ2) is 6.43. The van der Waals surface area contributed by atoms with E-state index < -0.39 is 0 Å². The smallest absolute Gasteiger partial charge is 0.196 e. The van der Waals surface area contributed by atoms with Gasteiger partial charge in [0.1, 0.15) is 5.75 Å². The maximum atomic E-state index is 12.6. The molecule has 1 N–H and O–H groups in total. The third-order valence-corrected chi connectivity index (χ3v) is 7.18. The van der Waals surface area contributed by atoms with Crippen LogP contribution in [0.2, 0.25) is 0 Å². The first-order valence-corrected chi connectivity index (χ1v) is 10.2. The van der Waals surface area contributed by atoms with Crippen LogP contribution < -0.4 is 0 Å². The quantitative estimate of drug-likeness (QED) is 0.557. The summed E-state index contributed by atoms with van der Waals surface area (Å²) in [6.45, 7) is 0. The molecule has 1 aromatic carbocycles. The van der Waals surface area contributed by atoms with Gasteiger partial charge in [0.15, 0.2) is 9.57 Å². The van der Waals surface area contributed by atoms with Crippen molar-refractivity contribution in [3.8, 4) is 5.75 Å². The lowest BCUT2D eigenvalue weighted by molar-refractivity contribution is -0.111. The van der Waals surface area contributed by atoms with Crippen LogP contribution in [0.25, 0.3) is 0 Å².